The number of amides is 2. The predicted octanol–water partition coefficient (Wildman–Crippen LogP) is 5.48. The van der Waals surface area contributed by atoms with Gasteiger partial charge in [0.25, 0.3) is 10.0 Å². The number of hydrogen-bond donors (Lipinski definition) is 1. The minimum Gasteiger partial charge on any atom is -0.352 e. The molecule has 0 unspecified atom stereocenters. The molecule has 0 saturated heterocycles. The van der Waals surface area contributed by atoms with E-state index in [0.29, 0.717) is 11.4 Å². The molecular weight excluding hydrogens is 534 g/mol. The van der Waals surface area contributed by atoms with E-state index in [0.717, 1.165) is 21.0 Å². The van der Waals surface area contributed by atoms with Gasteiger partial charge in [-0.05, 0) is 70.0 Å². The van der Waals surface area contributed by atoms with Crippen LogP contribution in [-0.4, -0.2) is 43.8 Å². The first-order valence-electron chi connectivity index (χ1n) is 12.9. The Kier molecular flexibility index (Phi) is 10.2. The van der Waals surface area contributed by atoms with Crippen molar-refractivity contribution in [3.63, 3.8) is 0 Å². The molecule has 0 fully saturated rings. The Morgan fingerprint density at radius 3 is 2.18 bits per heavy atom. The average molecular weight is 570 g/mol. The van der Waals surface area contributed by atoms with Crippen molar-refractivity contribution in [3.8, 4) is 0 Å². The van der Waals surface area contributed by atoms with Crippen LogP contribution in [0.1, 0.15) is 43.9 Å². The molecule has 1 atom stereocenters. The highest BCUT2D eigenvalue weighted by Crippen LogP contribution is 2.27. The SMILES string of the molecule is CC[C@@H](C(=O)NC(C)C)N(Cc1cccc(C)c1)C(=O)CN(c1cccc(Cl)c1)S(=O)(=O)c1ccc(C)cc1. The van der Waals surface area contributed by atoms with Gasteiger partial charge in [-0.1, -0.05) is 72.1 Å². The van der Waals surface area contributed by atoms with Gasteiger partial charge in [-0.3, -0.25) is 13.9 Å². The molecule has 0 aliphatic carbocycles. The van der Waals surface area contributed by atoms with Crippen LogP contribution < -0.4 is 9.62 Å². The molecule has 7 nitrogen and oxygen atoms in total. The first-order chi connectivity index (χ1) is 18.4. The van der Waals surface area contributed by atoms with Crippen molar-refractivity contribution in [2.45, 2.75) is 64.6 Å². The second-order valence-corrected chi connectivity index (χ2v) is 12.2. The van der Waals surface area contributed by atoms with E-state index in [9.17, 15) is 18.0 Å². The highest BCUT2D eigenvalue weighted by atomic mass is 35.5. The topological polar surface area (TPSA) is 86.8 Å². The van der Waals surface area contributed by atoms with Crippen molar-refractivity contribution in [1.29, 1.82) is 0 Å². The van der Waals surface area contributed by atoms with Crippen LogP contribution in [0.25, 0.3) is 0 Å². The Bertz CT molecular complexity index is 1410. The molecule has 0 aromatic heterocycles. The van der Waals surface area contributed by atoms with E-state index >= 15 is 0 Å². The fraction of sp³-hybridized carbons (Fsp3) is 0.333. The zero-order valence-corrected chi connectivity index (χ0v) is 24.6. The average Bonchev–Trinajstić information content (AvgIpc) is 2.86. The smallest absolute Gasteiger partial charge is 0.264 e. The fourth-order valence-corrected chi connectivity index (χ4v) is 5.90. The Balaban J connectivity index is 2.07. The summed E-state index contributed by atoms with van der Waals surface area (Å²) in [7, 11) is -4.14. The van der Waals surface area contributed by atoms with Crippen molar-refractivity contribution in [2.24, 2.45) is 0 Å². The normalized spacial score (nSPS) is 12.2. The number of halogens is 1. The van der Waals surface area contributed by atoms with E-state index in [4.69, 9.17) is 11.6 Å². The van der Waals surface area contributed by atoms with Gasteiger partial charge in [-0.2, -0.15) is 0 Å². The van der Waals surface area contributed by atoms with Crippen LogP contribution in [-0.2, 0) is 26.2 Å². The lowest BCUT2D eigenvalue weighted by Gasteiger charge is -2.33. The van der Waals surface area contributed by atoms with Gasteiger partial charge in [0, 0.05) is 17.6 Å². The van der Waals surface area contributed by atoms with Crippen LogP contribution in [0.4, 0.5) is 5.69 Å². The molecular formula is C30H36ClN3O4S. The van der Waals surface area contributed by atoms with E-state index < -0.39 is 28.5 Å². The van der Waals surface area contributed by atoms with Gasteiger partial charge in [-0.25, -0.2) is 8.42 Å². The molecule has 3 rings (SSSR count). The number of hydrogen-bond acceptors (Lipinski definition) is 4. The van der Waals surface area contributed by atoms with Gasteiger partial charge in [0.1, 0.15) is 12.6 Å². The van der Waals surface area contributed by atoms with E-state index in [-0.39, 0.29) is 29.1 Å². The van der Waals surface area contributed by atoms with Gasteiger partial charge < -0.3 is 10.2 Å². The molecule has 9 heteroatoms. The first-order valence-corrected chi connectivity index (χ1v) is 14.7. The van der Waals surface area contributed by atoms with Crippen molar-refractivity contribution in [3.05, 3.63) is 94.5 Å². The summed E-state index contributed by atoms with van der Waals surface area (Å²) >= 11 is 6.22. The Labute approximate surface area is 236 Å². The van der Waals surface area contributed by atoms with Crippen LogP contribution >= 0.6 is 11.6 Å². The molecule has 0 heterocycles. The van der Waals surface area contributed by atoms with Gasteiger partial charge >= 0.3 is 0 Å². The number of nitrogens with one attached hydrogen (secondary N) is 1. The summed E-state index contributed by atoms with van der Waals surface area (Å²) < 4.78 is 28.8. The minimum absolute atomic E-state index is 0.0516. The summed E-state index contributed by atoms with van der Waals surface area (Å²) in [4.78, 5) is 28.7. The monoisotopic (exact) mass is 569 g/mol. The molecule has 3 aromatic carbocycles. The van der Waals surface area contributed by atoms with E-state index in [1.54, 1.807) is 30.3 Å². The molecule has 0 aliphatic rings. The summed E-state index contributed by atoms with van der Waals surface area (Å²) in [6.07, 6.45) is 0.359. The quantitative estimate of drug-likeness (QED) is 0.331. The molecule has 0 radical (unpaired) electrons. The maximum absolute atomic E-state index is 14.0. The van der Waals surface area contributed by atoms with E-state index in [2.05, 4.69) is 5.32 Å². The zero-order valence-electron chi connectivity index (χ0n) is 23.0. The second kappa shape index (κ2) is 13.1. The van der Waals surface area contributed by atoms with Gasteiger partial charge in [0.05, 0.1) is 10.6 Å². The lowest BCUT2D eigenvalue weighted by Crippen LogP contribution is -2.53. The number of aryl methyl sites for hydroxylation is 2. The summed E-state index contributed by atoms with van der Waals surface area (Å²) in [6.45, 7) is 9.00. The summed E-state index contributed by atoms with van der Waals surface area (Å²) in [5, 5.41) is 3.23. The van der Waals surface area contributed by atoms with Gasteiger partial charge in [0.2, 0.25) is 11.8 Å². The van der Waals surface area contributed by atoms with Crippen LogP contribution in [0.3, 0.4) is 0 Å². The summed E-state index contributed by atoms with van der Waals surface area (Å²) in [5.74, 6) is -0.790. The van der Waals surface area contributed by atoms with Gasteiger partial charge in [0.15, 0.2) is 0 Å². The predicted molar refractivity (Wildman–Crippen MR) is 156 cm³/mol. The number of benzene rings is 3. The molecule has 39 heavy (non-hydrogen) atoms. The lowest BCUT2D eigenvalue weighted by atomic mass is 10.1. The number of nitrogens with zero attached hydrogens (tertiary/aromatic N) is 2. The molecule has 0 spiro atoms. The van der Waals surface area contributed by atoms with Crippen LogP contribution in [0.15, 0.2) is 77.7 Å². The van der Waals surface area contributed by atoms with E-state index in [1.165, 1.54) is 23.1 Å². The molecule has 0 bridgehead atoms. The van der Waals surface area contributed by atoms with Crippen LogP contribution in [0.2, 0.25) is 5.02 Å². The number of anilines is 1. The molecule has 1 N–H and O–H groups in total. The Morgan fingerprint density at radius 1 is 0.923 bits per heavy atom. The standard InChI is InChI=1S/C30H36ClN3O4S/c1-6-28(30(36)32-21(2)3)33(19-24-10-7-9-23(5)17-24)29(35)20-34(26-12-8-11-25(31)18-26)39(37,38)27-15-13-22(4)14-16-27/h7-18,21,28H,6,19-20H2,1-5H3,(H,32,36)/t28-/m0/s1. The summed E-state index contributed by atoms with van der Waals surface area (Å²) in [6, 6.07) is 19.6. The minimum atomic E-state index is -4.14. The zero-order chi connectivity index (χ0) is 28.7. The molecule has 0 aliphatic heterocycles. The fourth-order valence-electron chi connectivity index (χ4n) is 4.30. The summed E-state index contributed by atoms with van der Waals surface area (Å²) in [5.41, 5.74) is 3.02. The largest absolute Gasteiger partial charge is 0.352 e. The Morgan fingerprint density at radius 2 is 1.59 bits per heavy atom. The third-order valence-electron chi connectivity index (χ3n) is 6.24. The second-order valence-electron chi connectivity index (χ2n) is 9.90. The number of carbonyl (C=O) groups excluding carboxylic acids is 2. The maximum atomic E-state index is 14.0. The molecule has 208 valence electrons. The third kappa shape index (κ3) is 7.83. The number of sulfonamides is 1. The van der Waals surface area contributed by atoms with Crippen molar-refractivity contribution in [1.82, 2.24) is 10.2 Å². The van der Waals surface area contributed by atoms with Crippen LogP contribution in [0, 0.1) is 13.8 Å². The van der Waals surface area contributed by atoms with E-state index in [1.807, 2.05) is 58.9 Å². The highest BCUT2D eigenvalue weighted by Gasteiger charge is 2.34. The molecule has 2 amide bonds. The van der Waals surface area contributed by atoms with Crippen molar-refractivity contribution < 1.29 is 18.0 Å². The number of rotatable bonds is 11. The Hall–Kier alpha value is -3.36. The number of carbonyl (C=O) groups is 2. The van der Waals surface area contributed by atoms with Crippen molar-refractivity contribution >= 4 is 39.1 Å². The first kappa shape index (κ1) is 30.2. The van der Waals surface area contributed by atoms with Crippen molar-refractivity contribution in [2.75, 3.05) is 10.8 Å². The molecule has 3 aromatic rings. The third-order valence-corrected chi connectivity index (χ3v) is 8.26. The van der Waals surface area contributed by atoms with Crippen LogP contribution in [0.5, 0.6) is 0 Å². The highest BCUT2D eigenvalue weighted by molar-refractivity contribution is 7.92. The lowest BCUT2D eigenvalue weighted by molar-refractivity contribution is -0.140. The van der Waals surface area contributed by atoms with Gasteiger partial charge in [-0.15, -0.1) is 0 Å². The maximum Gasteiger partial charge on any atom is 0.264 e. The molecule has 0 saturated carbocycles.